The van der Waals surface area contributed by atoms with E-state index < -0.39 is 0 Å². The number of ether oxygens (including phenoxy) is 1. The van der Waals surface area contributed by atoms with Crippen LogP contribution in [0.4, 0.5) is 5.95 Å². The van der Waals surface area contributed by atoms with Gasteiger partial charge in [0.05, 0.1) is 13.2 Å². The highest BCUT2D eigenvalue weighted by molar-refractivity contribution is 6.09. The fraction of sp³-hybridized carbons (Fsp3) is 0.304. The molecular formula is C23H26N6O2. The summed E-state index contributed by atoms with van der Waals surface area (Å²) in [5.74, 6) is 1.37. The standard InChI is InChI=1S/C23H26N6O2/c1-16(18-9-6-10-19(15-18)20(30)17-7-4-3-5-8-17)21-25-23(28(2)27-21)26-22(24)29-11-13-31-14-12-29/h3-10,15-16H,11-14H2,1-2H3,(H2,24,25,26,27). The van der Waals surface area contributed by atoms with E-state index in [0.717, 1.165) is 5.56 Å². The van der Waals surface area contributed by atoms with Gasteiger partial charge in [-0.2, -0.15) is 15.1 Å². The highest BCUT2D eigenvalue weighted by Crippen LogP contribution is 2.25. The van der Waals surface area contributed by atoms with Gasteiger partial charge in [0.1, 0.15) is 0 Å². The highest BCUT2D eigenvalue weighted by atomic mass is 16.5. The third kappa shape index (κ3) is 4.64. The lowest BCUT2D eigenvalue weighted by molar-refractivity contribution is 0.0675. The van der Waals surface area contributed by atoms with Crippen LogP contribution >= 0.6 is 0 Å². The molecule has 0 aliphatic carbocycles. The number of guanidine groups is 1. The zero-order valence-electron chi connectivity index (χ0n) is 17.7. The number of hydrogen-bond acceptors (Lipinski definition) is 5. The van der Waals surface area contributed by atoms with Crippen LogP contribution in [-0.4, -0.2) is 57.7 Å². The van der Waals surface area contributed by atoms with Gasteiger partial charge in [-0.3, -0.25) is 4.79 Å². The van der Waals surface area contributed by atoms with Crippen LogP contribution < -0.4 is 5.73 Å². The average Bonchev–Trinajstić information content (AvgIpc) is 3.19. The molecule has 0 spiro atoms. The van der Waals surface area contributed by atoms with Crippen LogP contribution in [0.1, 0.15) is 40.2 Å². The topological polar surface area (TPSA) is 98.6 Å². The Kier molecular flexibility index (Phi) is 6.08. The SMILES string of the molecule is CC(c1cccc(C(=O)c2ccccc2)c1)c1nc(N=C(N)N2CCOCC2)n(C)n1. The number of morpholine rings is 1. The first-order valence-corrected chi connectivity index (χ1v) is 10.3. The maximum absolute atomic E-state index is 12.8. The maximum atomic E-state index is 12.8. The van der Waals surface area contributed by atoms with Gasteiger partial charge < -0.3 is 15.4 Å². The molecule has 1 aliphatic rings. The van der Waals surface area contributed by atoms with Gasteiger partial charge in [0.15, 0.2) is 17.6 Å². The number of aromatic nitrogens is 3. The van der Waals surface area contributed by atoms with Crippen molar-refractivity contribution in [3.8, 4) is 0 Å². The normalized spacial score (nSPS) is 15.7. The van der Waals surface area contributed by atoms with Gasteiger partial charge in [-0.05, 0) is 11.6 Å². The molecule has 3 aromatic rings. The summed E-state index contributed by atoms with van der Waals surface area (Å²) in [5, 5.41) is 4.53. The summed E-state index contributed by atoms with van der Waals surface area (Å²) in [6.07, 6.45) is 0. The molecule has 8 heteroatoms. The lowest BCUT2D eigenvalue weighted by Crippen LogP contribution is -2.44. The predicted molar refractivity (Wildman–Crippen MR) is 119 cm³/mol. The molecule has 1 saturated heterocycles. The minimum Gasteiger partial charge on any atom is -0.378 e. The molecule has 1 fully saturated rings. The van der Waals surface area contributed by atoms with Crippen molar-refractivity contribution >= 4 is 17.7 Å². The second-order valence-corrected chi connectivity index (χ2v) is 7.51. The molecule has 160 valence electrons. The molecule has 8 nitrogen and oxygen atoms in total. The number of nitrogens with zero attached hydrogens (tertiary/aromatic N) is 5. The Hall–Kier alpha value is -3.52. The van der Waals surface area contributed by atoms with Crippen molar-refractivity contribution in [1.82, 2.24) is 19.7 Å². The van der Waals surface area contributed by atoms with Crippen LogP contribution in [0.15, 0.2) is 59.6 Å². The average molecular weight is 419 g/mol. The van der Waals surface area contributed by atoms with Gasteiger partial charge in [0.2, 0.25) is 0 Å². The van der Waals surface area contributed by atoms with E-state index >= 15 is 0 Å². The summed E-state index contributed by atoms with van der Waals surface area (Å²) in [6, 6.07) is 16.9. The molecule has 31 heavy (non-hydrogen) atoms. The number of carbonyl (C=O) groups is 1. The summed E-state index contributed by atoms with van der Waals surface area (Å²) < 4.78 is 6.98. The summed E-state index contributed by atoms with van der Waals surface area (Å²) in [7, 11) is 1.80. The lowest BCUT2D eigenvalue weighted by Gasteiger charge is -2.27. The van der Waals surface area contributed by atoms with E-state index in [1.807, 2.05) is 66.4 Å². The van der Waals surface area contributed by atoms with Crippen LogP contribution in [-0.2, 0) is 11.8 Å². The zero-order chi connectivity index (χ0) is 21.8. The van der Waals surface area contributed by atoms with Crippen LogP contribution in [0.25, 0.3) is 0 Å². The van der Waals surface area contributed by atoms with E-state index in [0.29, 0.717) is 55.2 Å². The van der Waals surface area contributed by atoms with Crippen molar-refractivity contribution in [2.24, 2.45) is 17.8 Å². The van der Waals surface area contributed by atoms with Crippen molar-refractivity contribution in [3.63, 3.8) is 0 Å². The number of carbonyl (C=O) groups excluding carboxylic acids is 1. The molecule has 0 saturated carbocycles. The monoisotopic (exact) mass is 418 g/mol. The summed E-state index contributed by atoms with van der Waals surface area (Å²) in [4.78, 5) is 23.8. The third-order valence-corrected chi connectivity index (χ3v) is 5.38. The number of hydrogen-bond donors (Lipinski definition) is 1. The molecule has 1 atom stereocenters. The Labute approximate surface area is 181 Å². The first-order chi connectivity index (χ1) is 15.0. The Bertz CT molecular complexity index is 1090. The van der Waals surface area contributed by atoms with Gasteiger partial charge in [-0.25, -0.2) is 4.68 Å². The summed E-state index contributed by atoms with van der Waals surface area (Å²) >= 11 is 0. The minimum absolute atomic E-state index is 0.00722. The van der Waals surface area contributed by atoms with Gasteiger partial charge >= 0.3 is 0 Å². The molecule has 2 heterocycles. The van der Waals surface area contributed by atoms with Crippen LogP contribution in [0.2, 0.25) is 0 Å². The smallest absolute Gasteiger partial charge is 0.251 e. The largest absolute Gasteiger partial charge is 0.378 e. The van der Waals surface area contributed by atoms with Gasteiger partial charge in [0.25, 0.3) is 5.95 Å². The van der Waals surface area contributed by atoms with Crippen LogP contribution in [0, 0.1) is 0 Å². The molecule has 1 aromatic heterocycles. The summed E-state index contributed by atoms with van der Waals surface area (Å²) in [5.41, 5.74) is 8.42. The van der Waals surface area contributed by atoms with E-state index in [-0.39, 0.29) is 11.7 Å². The number of benzene rings is 2. The first-order valence-electron chi connectivity index (χ1n) is 10.3. The maximum Gasteiger partial charge on any atom is 0.251 e. The number of aliphatic imine (C=N–C) groups is 1. The van der Waals surface area contributed by atoms with Gasteiger partial charge in [-0.15, -0.1) is 0 Å². The van der Waals surface area contributed by atoms with Crippen molar-refractivity contribution in [2.45, 2.75) is 12.8 Å². The molecule has 2 N–H and O–H groups in total. The Balaban J connectivity index is 1.56. The van der Waals surface area contributed by atoms with E-state index in [1.165, 1.54) is 0 Å². The number of ketones is 1. The Morgan fingerprint density at radius 1 is 1.10 bits per heavy atom. The number of rotatable bonds is 5. The van der Waals surface area contributed by atoms with E-state index in [4.69, 9.17) is 10.5 Å². The molecule has 0 radical (unpaired) electrons. The minimum atomic E-state index is -0.108. The molecule has 1 aliphatic heterocycles. The quantitative estimate of drug-likeness (QED) is 0.388. The predicted octanol–water partition coefficient (Wildman–Crippen LogP) is 2.48. The van der Waals surface area contributed by atoms with Crippen molar-refractivity contribution in [3.05, 3.63) is 77.1 Å². The van der Waals surface area contributed by atoms with Gasteiger partial charge in [-0.1, -0.05) is 55.5 Å². The zero-order valence-corrected chi connectivity index (χ0v) is 17.7. The molecule has 1 unspecified atom stereocenters. The van der Waals surface area contributed by atoms with Crippen LogP contribution in [0.3, 0.4) is 0 Å². The molecule has 0 bridgehead atoms. The molecular weight excluding hydrogens is 392 g/mol. The van der Waals surface area contributed by atoms with E-state index in [2.05, 4.69) is 15.1 Å². The molecule has 0 amide bonds. The van der Waals surface area contributed by atoms with E-state index in [1.54, 1.807) is 11.7 Å². The summed E-state index contributed by atoms with van der Waals surface area (Å²) in [6.45, 7) is 4.70. The molecule has 2 aromatic carbocycles. The van der Waals surface area contributed by atoms with Crippen molar-refractivity contribution in [1.29, 1.82) is 0 Å². The Morgan fingerprint density at radius 3 is 2.55 bits per heavy atom. The molecule has 4 rings (SSSR count). The highest BCUT2D eigenvalue weighted by Gasteiger charge is 2.19. The number of nitrogens with two attached hydrogens (primary N) is 1. The fourth-order valence-electron chi connectivity index (χ4n) is 3.50. The van der Waals surface area contributed by atoms with Crippen molar-refractivity contribution < 1.29 is 9.53 Å². The first kappa shape index (κ1) is 20.7. The Morgan fingerprint density at radius 2 is 1.81 bits per heavy atom. The second kappa shape index (κ2) is 9.09. The third-order valence-electron chi connectivity index (χ3n) is 5.38. The fourth-order valence-corrected chi connectivity index (χ4v) is 3.50. The lowest BCUT2D eigenvalue weighted by atomic mass is 9.95. The van der Waals surface area contributed by atoms with Crippen molar-refractivity contribution in [2.75, 3.05) is 26.3 Å². The number of aryl methyl sites for hydroxylation is 1. The van der Waals surface area contributed by atoms with Crippen LogP contribution in [0.5, 0.6) is 0 Å². The van der Waals surface area contributed by atoms with E-state index in [9.17, 15) is 4.79 Å². The van der Waals surface area contributed by atoms with Gasteiger partial charge in [0, 0.05) is 37.2 Å². The second-order valence-electron chi connectivity index (χ2n) is 7.51.